The molecule has 4 nitrogen and oxygen atoms in total. The number of phenols is 1. The summed E-state index contributed by atoms with van der Waals surface area (Å²) in [6.07, 6.45) is 7.60. The van der Waals surface area contributed by atoms with Gasteiger partial charge in [-0.3, -0.25) is 0 Å². The van der Waals surface area contributed by atoms with Crippen LogP contribution in [0.4, 0.5) is 0 Å². The van der Waals surface area contributed by atoms with Crippen LogP contribution in [-0.4, -0.2) is 16.2 Å². The largest absolute Gasteiger partial charge is 0.507 e. The number of ether oxygens (including phenoxy) is 1. The van der Waals surface area contributed by atoms with Crippen LogP contribution in [0.15, 0.2) is 30.1 Å². The molecule has 1 aliphatic carbocycles. The molecule has 134 valence electrons. The molecule has 0 fully saturated rings. The summed E-state index contributed by atoms with van der Waals surface area (Å²) < 4.78 is 5.92. The number of rotatable bonds is 5. The minimum absolute atomic E-state index is 0.0290. The zero-order valence-electron chi connectivity index (χ0n) is 15.0. The van der Waals surface area contributed by atoms with Crippen molar-refractivity contribution in [3.8, 4) is 11.5 Å². The average molecular weight is 342 g/mol. The van der Waals surface area contributed by atoms with E-state index in [0.717, 1.165) is 32.1 Å². The van der Waals surface area contributed by atoms with E-state index in [2.05, 4.69) is 26.5 Å². The number of aryl methyl sites for hydroxylation is 1. The summed E-state index contributed by atoms with van der Waals surface area (Å²) in [5, 5.41) is 20.5. The maximum Gasteiger partial charge on any atom is 0.339 e. The van der Waals surface area contributed by atoms with Crippen LogP contribution in [-0.2, 0) is 6.42 Å². The van der Waals surface area contributed by atoms with Crippen LogP contribution in [0.5, 0.6) is 11.5 Å². The van der Waals surface area contributed by atoms with Gasteiger partial charge in [0.15, 0.2) is 0 Å². The van der Waals surface area contributed by atoms with Crippen molar-refractivity contribution in [2.24, 2.45) is 5.92 Å². The van der Waals surface area contributed by atoms with Gasteiger partial charge in [-0.25, -0.2) is 4.79 Å². The Kier molecular flexibility index (Phi) is 4.89. The molecular weight excluding hydrogens is 316 g/mol. The second-order valence-electron chi connectivity index (χ2n) is 7.19. The number of hydrogen-bond donors (Lipinski definition) is 2. The highest BCUT2D eigenvalue weighted by atomic mass is 16.5. The topological polar surface area (TPSA) is 66.8 Å². The van der Waals surface area contributed by atoms with Gasteiger partial charge in [-0.1, -0.05) is 38.0 Å². The number of carbonyl (C=O) groups is 1. The summed E-state index contributed by atoms with van der Waals surface area (Å²) in [5.41, 5.74) is 2.53. The van der Waals surface area contributed by atoms with Crippen LogP contribution in [0, 0.1) is 5.92 Å². The number of aromatic carboxylic acids is 1. The fourth-order valence-corrected chi connectivity index (χ4v) is 4.05. The molecule has 25 heavy (non-hydrogen) atoms. The lowest BCUT2D eigenvalue weighted by Gasteiger charge is -2.37. The molecule has 1 aromatic carbocycles. The Balaban J connectivity index is 2.12. The second-order valence-corrected chi connectivity index (χ2v) is 7.19. The van der Waals surface area contributed by atoms with Gasteiger partial charge in [0.05, 0.1) is 0 Å². The van der Waals surface area contributed by atoms with Crippen molar-refractivity contribution in [3.05, 3.63) is 46.7 Å². The lowest BCUT2D eigenvalue weighted by Crippen LogP contribution is -2.26. The highest BCUT2D eigenvalue weighted by molar-refractivity contribution is 5.94. The number of fused-ring (bicyclic) bond motifs is 3. The third kappa shape index (κ3) is 3.17. The van der Waals surface area contributed by atoms with Crippen LogP contribution < -0.4 is 4.74 Å². The van der Waals surface area contributed by atoms with Gasteiger partial charge in [0.1, 0.15) is 22.8 Å². The minimum atomic E-state index is -1.08. The number of carboxylic acid groups (broad SMARTS) is 1. The molecule has 1 aliphatic heterocycles. The van der Waals surface area contributed by atoms with Gasteiger partial charge >= 0.3 is 5.97 Å². The average Bonchev–Trinajstić information content (AvgIpc) is 2.54. The number of unbranched alkanes of at least 4 members (excludes halogenated alkanes) is 2. The Morgan fingerprint density at radius 3 is 2.84 bits per heavy atom. The van der Waals surface area contributed by atoms with Crippen molar-refractivity contribution >= 4 is 5.97 Å². The van der Waals surface area contributed by atoms with E-state index in [4.69, 9.17) is 4.74 Å². The first-order valence-electron chi connectivity index (χ1n) is 9.10. The quantitative estimate of drug-likeness (QED) is 0.572. The highest BCUT2D eigenvalue weighted by Crippen LogP contribution is 2.52. The summed E-state index contributed by atoms with van der Waals surface area (Å²) in [6, 6.07) is 1.80. The molecule has 0 radical (unpaired) electrons. The Morgan fingerprint density at radius 1 is 1.40 bits per heavy atom. The Hall–Kier alpha value is -2.23. The molecule has 2 atom stereocenters. The number of allylic oxidation sites excluding steroid dienone is 3. The van der Waals surface area contributed by atoms with Crippen LogP contribution in [0.3, 0.4) is 0 Å². The van der Waals surface area contributed by atoms with E-state index in [1.165, 1.54) is 5.57 Å². The van der Waals surface area contributed by atoms with E-state index in [1.807, 2.05) is 0 Å². The van der Waals surface area contributed by atoms with E-state index in [1.54, 1.807) is 6.07 Å². The smallest absolute Gasteiger partial charge is 0.339 e. The molecule has 0 unspecified atom stereocenters. The molecule has 1 aromatic rings. The Morgan fingerprint density at radius 2 is 2.16 bits per heavy atom. The predicted molar refractivity (Wildman–Crippen MR) is 97.3 cm³/mol. The molecule has 3 rings (SSSR count). The Bertz CT molecular complexity index is 745. The number of aromatic hydroxyl groups is 1. The Labute approximate surface area is 148 Å². The second kappa shape index (κ2) is 6.95. The lowest BCUT2D eigenvalue weighted by atomic mass is 9.73. The van der Waals surface area contributed by atoms with Crippen LogP contribution in [0.1, 0.15) is 73.4 Å². The molecule has 2 N–H and O–H groups in total. The molecule has 0 bridgehead atoms. The molecule has 1 heterocycles. The van der Waals surface area contributed by atoms with Gasteiger partial charge in [0.25, 0.3) is 0 Å². The third-order valence-electron chi connectivity index (χ3n) is 5.38. The van der Waals surface area contributed by atoms with Gasteiger partial charge in [-0.2, -0.15) is 0 Å². The monoisotopic (exact) mass is 342 g/mol. The highest BCUT2D eigenvalue weighted by Gasteiger charge is 2.38. The predicted octanol–water partition coefficient (Wildman–Crippen LogP) is 5.17. The minimum Gasteiger partial charge on any atom is -0.507 e. The standard InChI is InChI=1S/C21H26O4/c1-4-5-6-7-14-11-17-19(20(22)18(14)21(23)24)16-10-12(2)8-9-15(16)13(3)25-17/h10-11,15-16,22H,3-9H2,1-2H3,(H,23,24)/t15-,16-/m1/s1. The van der Waals surface area contributed by atoms with E-state index in [0.29, 0.717) is 29.1 Å². The van der Waals surface area contributed by atoms with E-state index in [-0.39, 0.29) is 23.1 Å². The van der Waals surface area contributed by atoms with Crippen LogP contribution in [0.25, 0.3) is 0 Å². The molecule has 0 spiro atoms. The third-order valence-corrected chi connectivity index (χ3v) is 5.38. The van der Waals surface area contributed by atoms with Gasteiger partial charge in [-0.15, -0.1) is 0 Å². The molecule has 2 aliphatic rings. The van der Waals surface area contributed by atoms with Crippen molar-refractivity contribution in [1.29, 1.82) is 0 Å². The van der Waals surface area contributed by atoms with Crippen LogP contribution in [0.2, 0.25) is 0 Å². The van der Waals surface area contributed by atoms with Crippen molar-refractivity contribution < 1.29 is 19.7 Å². The number of carboxylic acids is 1. The summed E-state index contributed by atoms with van der Waals surface area (Å²) in [6.45, 7) is 8.24. The zero-order valence-corrected chi connectivity index (χ0v) is 15.0. The first kappa shape index (κ1) is 17.6. The molecule has 0 saturated heterocycles. The number of hydrogen-bond acceptors (Lipinski definition) is 3. The normalized spacial score (nSPS) is 21.8. The molecule has 0 aromatic heterocycles. The summed E-state index contributed by atoms with van der Waals surface area (Å²) in [5.74, 6) is 0.0890. The maximum absolute atomic E-state index is 11.8. The summed E-state index contributed by atoms with van der Waals surface area (Å²) in [7, 11) is 0. The lowest BCUT2D eigenvalue weighted by molar-refractivity contribution is 0.0692. The van der Waals surface area contributed by atoms with Gasteiger partial charge < -0.3 is 14.9 Å². The zero-order chi connectivity index (χ0) is 18.1. The summed E-state index contributed by atoms with van der Waals surface area (Å²) in [4.78, 5) is 11.8. The fourth-order valence-electron chi connectivity index (χ4n) is 4.05. The van der Waals surface area contributed by atoms with Crippen LogP contribution >= 0.6 is 0 Å². The van der Waals surface area contributed by atoms with E-state index in [9.17, 15) is 15.0 Å². The SMILES string of the molecule is C=C1Oc2cc(CCCCC)c(C(=O)O)c(O)c2[C@@H]2C=C(C)CC[C@H]12. The van der Waals surface area contributed by atoms with Crippen molar-refractivity contribution in [1.82, 2.24) is 0 Å². The molecule has 0 amide bonds. The number of benzene rings is 1. The first-order valence-corrected chi connectivity index (χ1v) is 9.10. The maximum atomic E-state index is 11.8. The van der Waals surface area contributed by atoms with Gasteiger partial charge in [-0.05, 0) is 44.2 Å². The van der Waals surface area contributed by atoms with Gasteiger partial charge in [0.2, 0.25) is 0 Å². The molecular formula is C21H26O4. The summed E-state index contributed by atoms with van der Waals surface area (Å²) >= 11 is 0. The van der Waals surface area contributed by atoms with Crippen molar-refractivity contribution in [2.75, 3.05) is 0 Å². The van der Waals surface area contributed by atoms with Gasteiger partial charge in [0, 0.05) is 17.4 Å². The van der Waals surface area contributed by atoms with E-state index >= 15 is 0 Å². The van der Waals surface area contributed by atoms with Crippen molar-refractivity contribution in [3.63, 3.8) is 0 Å². The first-order chi connectivity index (χ1) is 11.9. The fraction of sp³-hybridized carbons (Fsp3) is 0.476. The molecule has 4 heteroatoms. The van der Waals surface area contributed by atoms with E-state index < -0.39 is 5.97 Å². The molecule has 0 saturated carbocycles. The van der Waals surface area contributed by atoms with Crippen molar-refractivity contribution in [2.45, 2.75) is 58.3 Å².